The first-order valence-electron chi connectivity index (χ1n) is 9.48. The van der Waals surface area contributed by atoms with Crippen molar-refractivity contribution < 1.29 is 5.11 Å². The highest BCUT2D eigenvalue weighted by molar-refractivity contribution is 6.09. The fourth-order valence-electron chi connectivity index (χ4n) is 3.73. The molecule has 0 unspecified atom stereocenters. The molecule has 0 radical (unpaired) electrons. The number of rotatable bonds is 0. The van der Waals surface area contributed by atoms with E-state index in [2.05, 4.69) is 40.3 Å². The molecule has 0 saturated heterocycles. The van der Waals surface area contributed by atoms with Crippen LogP contribution in [0.5, 0.6) is 5.75 Å². The van der Waals surface area contributed by atoms with Crippen LogP contribution in [-0.4, -0.2) is 15.1 Å². The molecule has 29 heavy (non-hydrogen) atoms. The molecule has 3 nitrogen and oxygen atoms in total. The highest BCUT2D eigenvalue weighted by atomic mass is 16.3. The number of benzene rings is 4. The van der Waals surface area contributed by atoms with Crippen molar-refractivity contribution in [2.45, 2.75) is 0 Å². The zero-order chi connectivity index (χ0) is 19.6. The number of phenolic OH excluding ortho intramolecular Hbond substituents is 1. The normalized spacial score (nSPS) is 10.9. The summed E-state index contributed by atoms with van der Waals surface area (Å²) in [5, 5.41) is 17.6. The van der Waals surface area contributed by atoms with Crippen molar-refractivity contribution in [3.05, 3.63) is 104 Å². The Morgan fingerprint density at radius 2 is 1.28 bits per heavy atom. The smallest absolute Gasteiger partial charge is 0.123 e. The maximum Gasteiger partial charge on any atom is 0.123 e. The lowest BCUT2D eigenvalue weighted by atomic mass is 10.0. The molecule has 2 heterocycles. The third-order valence-electron chi connectivity index (χ3n) is 5.15. The Balaban J connectivity index is 0.000000125. The summed E-state index contributed by atoms with van der Waals surface area (Å²) in [5.41, 5.74) is 1.03. The second-order valence-corrected chi connectivity index (χ2v) is 6.90. The minimum absolute atomic E-state index is 0.346. The van der Waals surface area contributed by atoms with Gasteiger partial charge in [0.25, 0.3) is 0 Å². The van der Waals surface area contributed by atoms with Gasteiger partial charge >= 0.3 is 0 Å². The molecule has 138 valence electrons. The van der Waals surface area contributed by atoms with E-state index in [0.29, 0.717) is 5.75 Å². The van der Waals surface area contributed by atoms with Crippen LogP contribution >= 0.6 is 0 Å². The standard InChI is InChI=1S/C14H10O.C12H8N2/c15-14-7-3-6-12-11-5-2-1-4-10(11)8-9-13(12)14;1-2-10-4-3-9-5-7-13-8-11(9)12(10)14-6-1/h1-9,15H;1-8H. The minimum Gasteiger partial charge on any atom is -0.507 e. The number of nitrogens with zero attached hydrogens (tertiary/aromatic N) is 2. The molecule has 2 aromatic heterocycles. The molecule has 0 amide bonds. The number of hydrogen-bond acceptors (Lipinski definition) is 3. The van der Waals surface area contributed by atoms with E-state index >= 15 is 0 Å². The van der Waals surface area contributed by atoms with Gasteiger partial charge in [0.05, 0.1) is 5.52 Å². The number of phenols is 1. The maximum atomic E-state index is 9.73. The first-order valence-corrected chi connectivity index (χ1v) is 9.48. The molecule has 0 bridgehead atoms. The average Bonchev–Trinajstić information content (AvgIpc) is 2.79. The Bertz CT molecular complexity index is 1420. The van der Waals surface area contributed by atoms with Gasteiger partial charge in [-0.25, -0.2) is 0 Å². The molecule has 0 fully saturated rings. The van der Waals surface area contributed by atoms with Crippen molar-refractivity contribution in [2.24, 2.45) is 0 Å². The summed E-state index contributed by atoms with van der Waals surface area (Å²) in [4.78, 5) is 8.49. The first kappa shape index (κ1) is 17.1. The molecule has 6 aromatic rings. The molecule has 1 N–H and O–H groups in total. The average molecular weight is 374 g/mol. The zero-order valence-corrected chi connectivity index (χ0v) is 15.7. The van der Waals surface area contributed by atoms with Crippen LogP contribution in [0.25, 0.3) is 43.2 Å². The highest BCUT2D eigenvalue weighted by Gasteiger charge is 2.02. The van der Waals surface area contributed by atoms with E-state index in [9.17, 15) is 5.11 Å². The number of fused-ring (bicyclic) bond motifs is 6. The van der Waals surface area contributed by atoms with Crippen molar-refractivity contribution in [3.63, 3.8) is 0 Å². The summed E-state index contributed by atoms with van der Waals surface area (Å²) in [6.07, 6.45) is 5.48. The van der Waals surface area contributed by atoms with Gasteiger partial charge in [-0.15, -0.1) is 0 Å². The Labute approximate surface area is 167 Å². The molecule has 3 heteroatoms. The van der Waals surface area contributed by atoms with Crippen molar-refractivity contribution in [1.82, 2.24) is 9.97 Å². The van der Waals surface area contributed by atoms with E-state index in [1.807, 2.05) is 60.9 Å². The van der Waals surface area contributed by atoms with Crippen LogP contribution < -0.4 is 0 Å². The quantitative estimate of drug-likeness (QED) is 0.309. The monoisotopic (exact) mass is 374 g/mol. The SMILES string of the molecule is Oc1cccc2c1ccc1ccccc12.c1cnc2c(c1)ccc1ccncc12. The molecule has 0 saturated carbocycles. The van der Waals surface area contributed by atoms with E-state index in [1.165, 1.54) is 16.2 Å². The second kappa shape index (κ2) is 7.21. The third-order valence-corrected chi connectivity index (χ3v) is 5.15. The number of aromatic hydroxyl groups is 1. The van der Waals surface area contributed by atoms with Gasteiger partial charge in [0.15, 0.2) is 0 Å². The summed E-state index contributed by atoms with van der Waals surface area (Å²) in [6, 6.07) is 28.1. The van der Waals surface area contributed by atoms with Crippen molar-refractivity contribution in [3.8, 4) is 5.75 Å². The van der Waals surface area contributed by atoms with Crippen LogP contribution in [0.2, 0.25) is 0 Å². The van der Waals surface area contributed by atoms with Crippen molar-refractivity contribution in [2.75, 3.05) is 0 Å². The molecule has 0 aliphatic rings. The Morgan fingerprint density at radius 1 is 0.517 bits per heavy atom. The lowest BCUT2D eigenvalue weighted by molar-refractivity contribution is 0.481. The summed E-state index contributed by atoms with van der Waals surface area (Å²) in [7, 11) is 0. The van der Waals surface area contributed by atoms with E-state index in [-0.39, 0.29) is 0 Å². The van der Waals surface area contributed by atoms with Gasteiger partial charge < -0.3 is 5.11 Å². The van der Waals surface area contributed by atoms with Crippen molar-refractivity contribution >= 4 is 43.2 Å². The summed E-state index contributed by atoms with van der Waals surface area (Å²) < 4.78 is 0. The number of hydrogen-bond donors (Lipinski definition) is 1. The van der Waals surface area contributed by atoms with Crippen LogP contribution in [0.1, 0.15) is 0 Å². The van der Waals surface area contributed by atoms with Crippen LogP contribution in [0.4, 0.5) is 0 Å². The minimum atomic E-state index is 0.346. The van der Waals surface area contributed by atoms with E-state index in [0.717, 1.165) is 27.1 Å². The summed E-state index contributed by atoms with van der Waals surface area (Å²) in [6.45, 7) is 0. The molecule has 0 spiro atoms. The third kappa shape index (κ3) is 3.13. The van der Waals surface area contributed by atoms with Gasteiger partial charge in [-0.05, 0) is 39.7 Å². The van der Waals surface area contributed by atoms with Crippen LogP contribution in [0.3, 0.4) is 0 Å². The van der Waals surface area contributed by atoms with Gasteiger partial charge in [-0.3, -0.25) is 9.97 Å². The highest BCUT2D eigenvalue weighted by Crippen LogP contribution is 2.30. The Hall–Kier alpha value is -3.98. The molecule has 0 aliphatic carbocycles. The van der Waals surface area contributed by atoms with Crippen LogP contribution in [0, 0.1) is 0 Å². The van der Waals surface area contributed by atoms with Crippen LogP contribution in [-0.2, 0) is 0 Å². The molecular formula is C26H18N2O. The largest absolute Gasteiger partial charge is 0.507 e. The molecule has 6 rings (SSSR count). The van der Waals surface area contributed by atoms with E-state index in [1.54, 1.807) is 12.3 Å². The molecule has 4 aromatic carbocycles. The van der Waals surface area contributed by atoms with Gasteiger partial charge in [-0.1, -0.05) is 66.7 Å². The lowest BCUT2D eigenvalue weighted by Crippen LogP contribution is -1.81. The fourth-order valence-corrected chi connectivity index (χ4v) is 3.73. The summed E-state index contributed by atoms with van der Waals surface area (Å²) in [5.74, 6) is 0.346. The summed E-state index contributed by atoms with van der Waals surface area (Å²) >= 11 is 0. The van der Waals surface area contributed by atoms with Crippen molar-refractivity contribution in [1.29, 1.82) is 0 Å². The number of pyridine rings is 2. The zero-order valence-electron chi connectivity index (χ0n) is 15.7. The first-order chi connectivity index (χ1) is 14.3. The fraction of sp³-hybridized carbons (Fsp3) is 0. The predicted octanol–water partition coefficient (Wildman–Crippen LogP) is 6.48. The molecule has 0 atom stereocenters. The lowest BCUT2D eigenvalue weighted by Gasteiger charge is -2.04. The predicted molar refractivity (Wildman–Crippen MR) is 120 cm³/mol. The Kier molecular flexibility index (Phi) is 4.26. The van der Waals surface area contributed by atoms with Gasteiger partial charge in [0, 0.05) is 34.7 Å². The topological polar surface area (TPSA) is 46.0 Å². The van der Waals surface area contributed by atoms with Gasteiger partial charge in [0.2, 0.25) is 0 Å². The van der Waals surface area contributed by atoms with Gasteiger partial charge in [0.1, 0.15) is 5.75 Å². The number of aromatic nitrogens is 2. The van der Waals surface area contributed by atoms with E-state index < -0.39 is 0 Å². The van der Waals surface area contributed by atoms with Crippen LogP contribution in [0.15, 0.2) is 104 Å². The Morgan fingerprint density at radius 3 is 2.24 bits per heavy atom. The maximum absolute atomic E-state index is 9.73. The molecular weight excluding hydrogens is 356 g/mol. The van der Waals surface area contributed by atoms with Gasteiger partial charge in [-0.2, -0.15) is 0 Å². The van der Waals surface area contributed by atoms with E-state index in [4.69, 9.17) is 0 Å². The second-order valence-electron chi connectivity index (χ2n) is 6.90. The molecule has 0 aliphatic heterocycles.